The Morgan fingerprint density at radius 1 is 0.958 bits per heavy atom. The summed E-state index contributed by atoms with van der Waals surface area (Å²) in [6.07, 6.45) is -10.7. The van der Waals surface area contributed by atoms with Crippen molar-refractivity contribution in [2.24, 2.45) is 0 Å². The van der Waals surface area contributed by atoms with Gasteiger partial charge in [-0.25, -0.2) is 24.1 Å². The molecule has 2 aliphatic rings. The van der Waals surface area contributed by atoms with Crippen LogP contribution >= 0.6 is 0 Å². The quantitative estimate of drug-likeness (QED) is 0.189. The second kappa shape index (κ2) is 11.9. The van der Waals surface area contributed by atoms with Gasteiger partial charge in [0, 0.05) is 34.6 Å². The van der Waals surface area contributed by atoms with Crippen LogP contribution in [-0.2, 0) is 23.6 Å². The lowest BCUT2D eigenvalue weighted by atomic mass is 9.97. The Balaban J connectivity index is 1.41. The van der Waals surface area contributed by atoms with Crippen LogP contribution in [0.3, 0.4) is 0 Å². The zero-order valence-corrected chi connectivity index (χ0v) is 25.8. The highest BCUT2D eigenvalue weighted by atomic mass is 19.4. The van der Waals surface area contributed by atoms with E-state index in [4.69, 9.17) is 14.0 Å². The molecule has 2 fully saturated rings. The number of amides is 1. The van der Waals surface area contributed by atoms with E-state index < -0.39 is 53.5 Å². The minimum absolute atomic E-state index is 0.00723. The first-order valence-corrected chi connectivity index (χ1v) is 14.5. The van der Waals surface area contributed by atoms with Crippen LogP contribution in [0.25, 0.3) is 22.3 Å². The second-order valence-electron chi connectivity index (χ2n) is 11.5. The van der Waals surface area contributed by atoms with Crippen LogP contribution in [0.4, 0.5) is 41.5 Å². The summed E-state index contributed by atoms with van der Waals surface area (Å²) in [5.74, 6) is 0.842. The zero-order valence-electron chi connectivity index (χ0n) is 25.8. The topological polar surface area (TPSA) is 107 Å². The predicted octanol–water partition coefficient (Wildman–Crippen LogP) is 7.10. The van der Waals surface area contributed by atoms with E-state index in [0.29, 0.717) is 45.8 Å². The van der Waals surface area contributed by atoms with Crippen molar-refractivity contribution in [3.63, 3.8) is 0 Å². The standard InChI is InChI=1S/C31H27F7N6O4/c1-14-25(16(3)48-42-14)18-7-22(27(46-4)39-9-18)23-10-40-28(43-11-21(32)12-43)41-24(23)13-44-15(2)26(47-29(44)45)17-5-19(30(33,34)35)8-20(6-17)31(36,37)38/h5-10,15,21,26H,11-13H2,1-4H3/t15-,26-/m0/s1. The van der Waals surface area contributed by atoms with Gasteiger partial charge in [0.15, 0.2) is 0 Å². The first-order valence-electron chi connectivity index (χ1n) is 14.5. The van der Waals surface area contributed by atoms with Gasteiger partial charge in [-0.2, -0.15) is 26.3 Å². The van der Waals surface area contributed by atoms with Gasteiger partial charge >= 0.3 is 18.4 Å². The van der Waals surface area contributed by atoms with Gasteiger partial charge in [-0.3, -0.25) is 4.90 Å². The summed E-state index contributed by atoms with van der Waals surface area (Å²) in [4.78, 5) is 29.4. The Kier molecular flexibility index (Phi) is 8.19. The van der Waals surface area contributed by atoms with E-state index in [1.54, 1.807) is 31.0 Å². The number of hydrogen-bond acceptors (Lipinski definition) is 9. The fourth-order valence-corrected chi connectivity index (χ4v) is 5.80. The summed E-state index contributed by atoms with van der Waals surface area (Å²) in [5.41, 5.74) is -0.703. The summed E-state index contributed by atoms with van der Waals surface area (Å²) in [6.45, 7) is 4.68. The Hall–Kier alpha value is -4.96. The monoisotopic (exact) mass is 680 g/mol. The Morgan fingerprint density at radius 2 is 1.62 bits per heavy atom. The molecule has 0 saturated carbocycles. The van der Waals surface area contributed by atoms with Crippen molar-refractivity contribution in [2.45, 2.75) is 58.0 Å². The number of ether oxygens (including phenoxy) is 2. The first-order chi connectivity index (χ1) is 22.5. The number of anilines is 1. The zero-order chi connectivity index (χ0) is 34.7. The summed E-state index contributed by atoms with van der Waals surface area (Å²) >= 11 is 0. The smallest absolute Gasteiger partial charge is 0.416 e. The maximum atomic E-state index is 13.7. The molecule has 10 nitrogen and oxygen atoms in total. The van der Waals surface area contributed by atoms with Gasteiger partial charge in [-0.1, -0.05) is 5.16 Å². The fraction of sp³-hybridized carbons (Fsp3) is 0.387. The summed E-state index contributed by atoms with van der Waals surface area (Å²) in [5, 5.41) is 3.99. The summed E-state index contributed by atoms with van der Waals surface area (Å²) < 4.78 is 112. The highest BCUT2D eigenvalue weighted by molar-refractivity contribution is 5.79. The lowest BCUT2D eigenvalue weighted by Gasteiger charge is -2.34. The molecule has 254 valence electrons. The van der Waals surface area contributed by atoms with Gasteiger partial charge in [0.2, 0.25) is 11.8 Å². The van der Waals surface area contributed by atoms with E-state index in [2.05, 4.69) is 20.1 Å². The normalized spacial score (nSPS) is 18.7. The molecule has 3 aromatic heterocycles. The van der Waals surface area contributed by atoms with Crippen molar-refractivity contribution in [1.82, 2.24) is 25.0 Å². The van der Waals surface area contributed by atoms with E-state index in [0.717, 1.165) is 4.90 Å². The minimum atomic E-state index is -5.09. The molecule has 2 saturated heterocycles. The molecule has 0 N–H and O–H groups in total. The number of aryl methyl sites for hydroxylation is 2. The van der Waals surface area contributed by atoms with Gasteiger partial charge in [0.05, 0.1) is 55.3 Å². The Morgan fingerprint density at radius 3 is 2.19 bits per heavy atom. The van der Waals surface area contributed by atoms with Crippen LogP contribution in [-0.4, -0.2) is 63.5 Å². The van der Waals surface area contributed by atoms with Gasteiger partial charge in [0.1, 0.15) is 18.0 Å². The molecule has 4 aromatic rings. The molecule has 48 heavy (non-hydrogen) atoms. The van der Waals surface area contributed by atoms with Crippen molar-refractivity contribution >= 4 is 12.0 Å². The van der Waals surface area contributed by atoms with Crippen molar-refractivity contribution < 1.29 is 49.5 Å². The van der Waals surface area contributed by atoms with Crippen molar-refractivity contribution in [3.8, 4) is 28.1 Å². The number of aromatic nitrogens is 4. The number of hydrogen-bond donors (Lipinski definition) is 0. The van der Waals surface area contributed by atoms with Crippen LogP contribution in [0, 0.1) is 13.8 Å². The third kappa shape index (κ3) is 6.08. The maximum absolute atomic E-state index is 13.7. The molecule has 17 heteroatoms. The van der Waals surface area contributed by atoms with Crippen LogP contribution in [0.15, 0.2) is 41.2 Å². The Labute approximate surface area is 268 Å². The average Bonchev–Trinajstić information content (AvgIpc) is 3.50. The maximum Gasteiger partial charge on any atom is 0.416 e. The molecule has 0 aliphatic carbocycles. The number of methoxy groups -OCH3 is 1. The first kappa shape index (κ1) is 33.0. The molecular formula is C31H27F7N6O4. The van der Waals surface area contributed by atoms with Crippen LogP contribution in [0.2, 0.25) is 0 Å². The predicted molar refractivity (Wildman–Crippen MR) is 155 cm³/mol. The molecule has 6 rings (SSSR count). The largest absolute Gasteiger partial charge is 0.481 e. The molecule has 0 radical (unpaired) electrons. The molecule has 0 unspecified atom stereocenters. The SMILES string of the molecule is COc1ncc(-c2c(C)noc2C)cc1-c1cnc(N2CC(F)C2)nc1CN1C(=O)O[C@H](c2cc(C(F)(F)F)cc(C(F)(F)F)c2)[C@@H]1C. The fourth-order valence-electron chi connectivity index (χ4n) is 5.80. The number of benzene rings is 1. The van der Waals surface area contributed by atoms with Crippen molar-refractivity contribution in [2.75, 3.05) is 25.1 Å². The number of pyridine rings is 1. The van der Waals surface area contributed by atoms with Gasteiger partial charge in [-0.15, -0.1) is 0 Å². The number of rotatable bonds is 7. The molecule has 0 bridgehead atoms. The van der Waals surface area contributed by atoms with E-state index >= 15 is 0 Å². The van der Waals surface area contributed by atoms with E-state index in [1.165, 1.54) is 20.2 Å². The molecule has 5 heterocycles. The molecular weight excluding hydrogens is 653 g/mol. The lowest BCUT2D eigenvalue weighted by molar-refractivity contribution is -0.143. The van der Waals surface area contributed by atoms with Crippen LogP contribution in [0.1, 0.15) is 46.9 Å². The number of halogens is 7. The summed E-state index contributed by atoms with van der Waals surface area (Å²) in [6, 6.07) is 1.77. The van der Waals surface area contributed by atoms with E-state index in [-0.39, 0.29) is 43.2 Å². The lowest BCUT2D eigenvalue weighted by Crippen LogP contribution is -2.49. The van der Waals surface area contributed by atoms with Crippen LogP contribution < -0.4 is 9.64 Å². The molecule has 1 amide bonds. The van der Waals surface area contributed by atoms with E-state index in [9.17, 15) is 35.5 Å². The van der Waals surface area contributed by atoms with Crippen LogP contribution in [0.5, 0.6) is 5.88 Å². The number of nitrogens with zero attached hydrogens (tertiary/aromatic N) is 6. The number of carbonyl (C=O) groups is 1. The number of carbonyl (C=O) groups excluding carboxylic acids is 1. The van der Waals surface area contributed by atoms with E-state index in [1.807, 2.05) is 0 Å². The van der Waals surface area contributed by atoms with Gasteiger partial charge in [0.25, 0.3) is 0 Å². The third-order valence-corrected chi connectivity index (χ3v) is 8.28. The Bertz CT molecular complexity index is 1820. The number of alkyl halides is 7. The van der Waals surface area contributed by atoms with Gasteiger partial charge in [-0.05, 0) is 50.6 Å². The average molecular weight is 681 g/mol. The molecule has 2 atom stereocenters. The minimum Gasteiger partial charge on any atom is -0.481 e. The highest BCUT2D eigenvalue weighted by Gasteiger charge is 2.44. The van der Waals surface area contributed by atoms with Crippen molar-refractivity contribution in [3.05, 3.63) is 70.5 Å². The summed E-state index contributed by atoms with van der Waals surface area (Å²) in [7, 11) is 1.40. The van der Waals surface area contributed by atoms with Gasteiger partial charge < -0.3 is 18.9 Å². The molecule has 1 aromatic carbocycles. The third-order valence-electron chi connectivity index (χ3n) is 8.28. The highest BCUT2D eigenvalue weighted by Crippen LogP contribution is 2.42. The number of cyclic esters (lactones) is 1. The molecule has 2 aliphatic heterocycles. The van der Waals surface area contributed by atoms with Crippen molar-refractivity contribution in [1.29, 1.82) is 0 Å². The second-order valence-corrected chi connectivity index (χ2v) is 11.5. The molecule has 0 spiro atoms.